The third-order valence-electron chi connectivity index (χ3n) is 4.39. The summed E-state index contributed by atoms with van der Waals surface area (Å²) in [6, 6.07) is 0. The lowest BCUT2D eigenvalue weighted by molar-refractivity contribution is -0.147. The monoisotopic (exact) mass is 312 g/mol. The Morgan fingerprint density at radius 1 is 0.773 bits per heavy atom. The molecule has 0 rings (SSSR count). The molecule has 2 nitrogen and oxygen atoms in total. The lowest BCUT2D eigenvalue weighted by atomic mass is 9.99. The fraction of sp³-hybridized carbons (Fsp3) is 0.950. The predicted molar refractivity (Wildman–Crippen MR) is 96.1 cm³/mol. The van der Waals surface area contributed by atoms with Gasteiger partial charge in [0, 0.05) is 6.42 Å². The molecule has 0 amide bonds. The summed E-state index contributed by atoms with van der Waals surface area (Å²) in [5, 5.41) is 0. The summed E-state index contributed by atoms with van der Waals surface area (Å²) in [6.07, 6.45) is 16.5. The molecule has 0 aromatic carbocycles. The van der Waals surface area contributed by atoms with E-state index in [9.17, 15) is 4.79 Å². The second-order valence-corrected chi connectivity index (χ2v) is 7.13. The number of esters is 1. The van der Waals surface area contributed by atoms with Crippen molar-refractivity contribution in [3.8, 4) is 0 Å². The van der Waals surface area contributed by atoms with Crippen LogP contribution in [0.5, 0.6) is 0 Å². The van der Waals surface area contributed by atoms with Crippen molar-refractivity contribution >= 4 is 5.97 Å². The van der Waals surface area contributed by atoms with E-state index in [1.165, 1.54) is 70.6 Å². The lowest BCUT2D eigenvalue weighted by Crippen LogP contribution is -2.10. The highest BCUT2D eigenvalue weighted by Gasteiger charge is 2.04. The highest BCUT2D eigenvalue weighted by molar-refractivity contribution is 5.69. The van der Waals surface area contributed by atoms with Crippen LogP contribution in [0.15, 0.2) is 0 Å². The number of hydrogen-bond donors (Lipinski definition) is 0. The molecule has 0 N–H and O–H groups in total. The molecule has 132 valence electrons. The van der Waals surface area contributed by atoms with Gasteiger partial charge in [0.2, 0.25) is 0 Å². The topological polar surface area (TPSA) is 26.3 Å². The molecule has 1 atom stereocenters. The van der Waals surface area contributed by atoms with E-state index in [0.29, 0.717) is 6.42 Å². The molecule has 0 saturated carbocycles. The van der Waals surface area contributed by atoms with Crippen LogP contribution >= 0.6 is 0 Å². The first-order valence-corrected chi connectivity index (χ1v) is 9.75. The van der Waals surface area contributed by atoms with Crippen molar-refractivity contribution < 1.29 is 9.53 Å². The first-order chi connectivity index (χ1) is 10.6. The maximum absolute atomic E-state index is 11.4. The summed E-state index contributed by atoms with van der Waals surface area (Å²) >= 11 is 0. The van der Waals surface area contributed by atoms with E-state index < -0.39 is 0 Å². The van der Waals surface area contributed by atoms with E-state index >= 15 is 0 Å². The standard InChI is InChI=1S/C20H40O2/c1-5-19(4)16-14-12-10-8-6-7-9-11-13-15-17-20(21)22-18(2)3/h18-19H,5-17H2,1-4H3. The van der Waals surface area contributed by atoms with Crippen LogP contribution in [-0.2, 0) is 9.53 Å². The molecule has 0 aliphatic heterocycles. The highest BCUT2D eigenvalue weighted by Crippen LogP contribution is 2.15. The van der Waals surface area contributed by atoms with Gasteiger partial charge in [-0.05, 0) is 26.2 Å². The van der Waals surface area contributed by atoms with Crippen molar-refractivity contribution in [2.24, 2.45) is 5.92 Å². The molecule has 0 radical (unpaired) electrons. The molecular weight excluding hydrogens is 272 g/mol. The van der Waals surface area contributed by atoms with Crippen LogP contribution in [0.3, 0.4) is 0 Å². The summed E-state index contributed by atoms with van der Waals surface area (Å²) in [6.45, 7) is 8.46. The van der Waals surface area contributed by atoms with E-state index in [0.717, 1.165) is 12.3 Å². The Bertz CT molecular complexity index is 248. The van der Waals surface area contributed by atoms with Crippen LogP contribution in [-0.4, -0.2) is 12.1 Å². The Hall–Kier alpha value is -0.530. The number of carbonyl (C=O) groups excluding carboxylic acids is 1. The van der Waals surface area contributed by atoms with Crippen LogP contribution in [0.2, 0.25) is 0 Å². The van der Waals surface area contributed by atoms with Crippen molar-refractivity contribution in [3.05, 3.63) is 0 Å². The molecule has 0 fully saturated rings. The summed E-state index contributed by atoms with van der Waals surface area (Å²) in [5.74, 6) is 0.880. The fourth-order valence-corrected chi connectivity index (χ4v) is 2.70. The second kappa shape index (κ2) is 15.4. The van der Waals surface area contributed by atoms with E-state index in [1.54, 1.807) is 0 Å². The summed E-state index contributed by atoms with van der Waals surface area (Å²) in [7, 11) is 0. The molecule has 1 unspecified atom stereocenters. The van der Waals surface area contributed by atoms with Gasteiger partial charge in [-0.1, -0.05) is 84.5 Å². The predicted octanol–water partition coefficient (Wildman–Crippen LogP) is 6.67. The van der Waals surface area contributed by atoms with Gasteiger partial charge < -0.3 is 4.74 Å². The van der Waals surface area contributed by atoms with Gasteiger partial charge in [-0.15, -0.1) is 0 Å². The maximum Gasteiger partial charge on any atom is 0.306 e. The molecule has 0 aliphatic rings. The Kier molecular flexibility index (Phi) is 15.0. The van der Waals surface area contributed by atoms with Crippen molar-refractivity contribution in [1.82, 2.24) is 0 Å². The minimum absolute atomic E-state index is 0.0256. The number of unbranched alkanes of at least 4 members (excludes halogenated alkanes) is 9. The summed E-state index contributed by atoms with van der Waals surface area (Å²) < 4.78 is 5.12. The molecular formula is C20H40O2. The number of hydrogen-bond acceptors (Lipinski definition) is 2. The first kappa shape index (κ1) is 21.5. The minimum Gasteiger partial charge on any atom is -0.463 e. The van der Waals surface area contributed by atoms with Gasteiger partial charge in [-0.2, -0.15) is 0 Å². The maximum atomic E-state index is 11.4. The smallest absolute Gasteiger partial charge is 0.306 e. The van der Waals surface area contributed by atoms with Crippen LogP contribution in [0.1, 0.15) is 111 Å². The van der Waals surface area contributed by atoms with Crippen molar-refractivity contribution in [2.45, 2.75) is 117 Å². The summed E-state index contributed by atoms with van der Waals surface area (Å²) in [5.41, 5.74) is 0. The molecule has 0 aromatic heterocycles. The Balaban J connectivity index is 3.13. The van der Waals surface area contributed by atoms with Crippen LogP contribution in [0.25, 0.3) is 0 Å². The Labute approximate surface area is 139 Å². The van der Waals surface area contributed by atoms with Gasteiger partial charge in [-0.3, -0.25) is 4.79 Å². The molecule has 22 heavy (non-hydrogen) atoms. The molecule has 0 bridgehead atoms. The van der Waals surface area contributed by atoms with E-state index in [-0.39, 0.29) is 12.1 Å². The average Bonchev–Trinajstić information content (AvgIpc) is 2.47. The SMILES string of the molecule is CCC(C)CCCCCCCCCCCCC(=O)OC(C)C. The largest absolute Gasteiger partial charge is 0.463 e. The second-order valence-electron chi connectivity index (χ2n) is 7.13. The lowest BCUT2D eigenvalue weighted by Gasteiger charge is -2.08. The van der Waals surface area contributed by atoms with Crippen LogP contribution in [0.4, 0.5) is 0 Å². The minimum atomic E-state index is -0.0348. The quantitative estimate of drug-likeness (QED) is 0.249. The van der Waals surface area contributed by atoms with E-state index in [1.807, 2.05) is 13.8 Å². The molecule has 2 heteroatoms. The third-order valence-corrected chi connectivity index (χ3v) is 4.39. The van der Waals surface area contributed by atoms with Gasteiger partial charge >= 0.3 is 5.97 Å². The normalized spacial score (nSPS) is 12.6. The molecule has 0 heterocycles. The van der Waals surface area contributed by atoms with Crippen molar-refractivity contribution in [2.75, 3.05) is 0 Å². The zero-order chi connectivity index (χ0) is 16.6. The zero-order valence-electron chi connectivity index (χ0n) is 15.7. The van der Waals surface area contributed by atoms with Crippen LogP contribution < -0.4 is 0 Å². The number of rotatable bonds is 15. The average molecular weight is 313 g/mol. The van der Waals surface area contributed by atoms with Gasteiger partial charge in [0.1, 0.15) is 0 Å². The van der Waals surface area contributed by atoms with Gasteiger partial charge in [0.05, 0.1) is 6.10 Å². The van der Waals surface area contributed by atoms with E-state index in [2.05, 4.69) is 13.8 Å². The zero-order valence-corrected chi connectivity index (χ0v) is 15.7. The van der Waals surface area contributed by atoms with Gasteiger partial charge in [0.15, 0.2) is 0 Å². The highest BCUT2D eigenvalue weighted by atomic mass is 16.5. The molecule has 0 aromatic rings. The molecule has 0 aliphatic carbocycles. The first-order valence-electron chi connectivity index (χ1n) is 9.75. The number of ether oxygens (including phenoxy) is 1. The number of carbonyl (C=O) groups is 1. The molecule has 0 saturated heterocycles. The molecule has 0 spiro atoms. The third kappa shape index (κ3) is 15.9. The van der Waals surface area contributed by atoms with Crippen molar-refractivity contribution in [1.29, 1.82) is 0 Å². The van der Waals surface area contributed by atoms with Gasteiger partial charge in [0.25, 0.3) is 0 Å². The van der Waals surface area contributed by atoms with Gasteiger partial charge in [-0.25, -0.2) is 0 Å². The fourth-order valence-electron chi connectivity index (χ4n) is 2.70. The van der Waals surface area contributed by atoms with Crippen LogP contribution in [0, 0.1) is 5.92 Å². The Morgan fingerprint density at radius 3 is 1.68 bits per heavy atom. The summed E-state index contributed by atoms with van der Waals surface area (Å²) in [4.78, 5) is 11.4. The van der Waals surface area contributed by atoms with E-state index in [4.69, 9.17) is 4.74 Å². The Morgan fingerprint density at radius 2 is 1.23 bits per heavy atom. The van der Waals surface area contributed by atoms with Crippen molar-refractivity contribution in [3.63, 3.8) is 0 Å².